The van der Waals surface area contributed by atoms with Crippen molar-refractivity contribution in [1.29, 1.82) is 0 Å². The summed E-state index contributed by atoms with van der Waals surface area (Å²) in [5.74, 6) is 0.0353. The van der Waals surface area contributed by atoms with Crippen molar-refractivity contribution in [1.82, 2.24) is 14.7 Å². The Hall–Kier alpha value is -1.96. The zero-order valence-corrected chi connectivity index (χ0v) is 12.4. The van der Waals surface area contributed by atoms with Crippen molar-refractivity contribution in [3.05, 3.63) is 22.5 Å². The summed E-state index contributed by atoms with van der Waals surface area (Å²) < 4.78 is 1.43. The third-order valence-electron chi connectivity index (χ3n) is 4.05. The van der Waals surface area contributed by atoms with Gasteiger partial charge in [0.1, 0.15) is 12.4 Å². The molecule has 8 heteroatoms. The van der Waals surface area contributed by atoms with Crippen LogP contribution in [-0.2, 0) is 11.3 Å². The summed E-state index contributed by atoms with van der Waals surface area (Å²) >= 11 is 0. The van der Waals surface area contributed by atoms with Gasteiger partial charge in [-0.3, -0.25) is 19.6 Å². The van der Waals surface area contributed by atoms with Crippen molar-refractivity contribution in [2.45, 2.75) is 39.3 Å². The number of carbonyl (C=O) groups is 1. The Bertz CT molecular complexity index is 540. The predicted molar refractivity (Wildman–Crippen MR) is 76.5 cm³/mol. The Morgan fingerprint density at radius 3 is 2.90 bits per heavy atom. The normalized spacial score (nSPS) is 21.3. The molecule has 8 nitrogen and oxygen atoms in total. The fraction of sp³-hybridized carbons (Fsp3) is 0.692. The van der Waals surface area contributed by atoms with E-state index in [1.54, 1.807) is 0 Å². The SMILES string of the molecule is CC1(C)CN(C(=O)CCn2cc([N+](=O)[O-])cn2)CCC1N. The number of nitrogens with zero attached hydrogens (tertiary/aromatic N) is 4. The summed E-state index contributed by atoms with van der Waals surface area (Å²) in [4.78, 5) is 24.1. The molecule has 2 rings (SSSR count). The van der Waals surface area contributed by atoms with E-state index in [1.807, 2.05) is 4.90 Å². The average molecular weight is 295 g/mol. The number of hydrogen-bond donors (Lipinski definition) is 1. The van der Waals surface area contributed by atoms with E-state index < -0.39 is 4.92 Å². The third kappa shape index (κ3) is 3.57. The van der Waals surface area contributed by atoms with Crippen LogP contribution in [0.4, 0.5) is 5.69 Å². The molecule has 116 valence electrons. The van der Waals surface area contributed by atoms with Gasteiger partial charge in [0.15, 0.2) is 0 Å². The van der Waals surface area contributed by atoms with Crippen LogP contribution in [0.1, 0.15) is 26.7 Å². The molecule has 0 bridgehead atoms. The summed E-state index contributed by atoms with van der Waals surface area (Å²) in [6, 6.07) is 0.107. The van der Waals surface area contributed by atoms with Crippen LogP contribution in [0.3, 0.4) is 0 Å². The van der Waals surface area contributed by atoms with E-state index in [4.69, 9.17) is 5.73 Å². The number of amides is 1. The van der Waals surface area contributed by atoms with E-state index >= 15 is 0 Å². The predicted octanol–water partition coefficient (Wildman–Crippen LogP) is 0.767. The highest BCUT2D eigenvalue weighted by molar-refractivity contribution is 5.76. The molecular weight excluding hydrogens is 274 g/mol. The summed E-state index contributed by atoms with van der Waals surface area (Å²) in [7, 11) is 0. The van der Waals surface area contributed by atoms with Gasteiger partial charge < -0.3 is 10.6 Å². The fourth-order valence-corrected chi connectivity index (χ4v) is 2.52. The molecule has 0 aliphatic carbocycles. The zero-order chi connectivity index (χ0) is 15.6. The highest BCUT2D eigenvalue weighted by Gasteiger charge is 2.35. The molecule has 1 amide bonds. The largest absolute Gasteiger partial charge is 0.342 e. The first-order valence-electron chi connectivity index (χ1n) is 7.00. The Labute approximate surface area is 123 Å². The smallest absolute Gasteiger partial charge is 0.306 e. The quantitative estimate of drug-likeness (QED) is 0.652. The van der Waals surface area contributed by atoms with E-state index in [0.29, 0.717) is 19.6 Å². The first-order chi connectivity index (χ1) is 9.79. The van der Waals surface area contributed by atoms with Crippen molar-refractivity contribution >= 4 is 11.6 Å². The van der Waals surface area contributed by atoms with Crippen molar-refractivity contribution in [2.24, 2.45) is 11.1 Å². The van der Waals surface area contributed by atoms with E-state index in [0.717, 1.165) is 6.42 Å². The van der Waals surface area contributed by atoms with Crippen molar-refractivity contribution in [3.8, 4) is 0 Å². The Morgan fingerprint density at radius 2 is 2.33 bits per heavy atom. The topological polar surface area (TPSA) is 107 Å². The molecule has 1 fully saturated rings. The highest BCUT2D eigenvalue weighted by atomic mass is 16.6. The number of aryl methyl sites for hydroxylation is 1. The summed E-state index contributed by atoms with van der Waals surface area (Å²) in [6.07, 6.45) is 3.60. The molecule has 1 atom stereocenters. The summed E-state index contributed by atoms with van der Waals surface area (Å²) in [6.45, 7) is 5.78. The summed E-state index contributed by atoms with van der Waals surface area (Å²) in [5.41, 5.74) is 5.91. The lowest BCUT2D eigenvalue weighted by molar-refractivity contribution is -0.385. The van der Waals surface area contributed by atoms with Gasteiger partial charge in [0.05, 0.1) is 4.92 Å². The fourth-order valence-electron chi connectivity index (χ4n) is 2.52. The molecule has 1 aliphatic rings. The molecule has 0 radical (unpaired) electrons. The van der Waals surface area contributed by atoms with Crippen LogP contribution in [-0.4, -0.2) is 44.6 Å². The summed E-state index contributed by atoms with van der Waals surface area (Å²) in [5, 5.41) is 14.4. The Kier molecular flexibility index (Phi) is 4.26. The lowest BCUT2D eigenvalue weighted by Gasteiger charge is -2.42. The molecular formula is C13H21N5O3. The molecule has 2 heterocycles. The van der Waals surface area contributed by atoms with E-state index in [-0.39, 0.29) is 29.5 Å². The van der Waals surface area contributed by atoms with Crippen LogP contribution in [0.15, 0.2) is 12.4 Å². The maximum Gasteiger partial charge on any atom is 0.306 e. The molecule has 21 heavy (non-hydrogen) atoms. The molecule has 1 saturated heterocycles. The second-order valence-electron chi connectivity index (χ2n) is 6.17. The number of piperidine rings is 1. The molecule has 2 N–H and O–H groups in total. The van der Waals surface area contributed by atoms with Gasteiger partial charge >= 0.3 is 5.69 Å². The number of likely N-dealkylation sites (tertiary alicyclic amines) is 1. The minimum atomic E-state index is -0.500. The number of carbonyl (C=O) groups excluding carboxylic acids is 1. The standard InChI is InChI=1S/C13H21N5O3/c1-13(2)9-16(5-3-11(13)14)12(19)4-6-17-8-10(7-15-17)18(20)21/h7-8,11H,3-6,9,14H2,1-2H3. The van der Waals surface area contributed by atoms with E-state index in [2.05, 4.69) is 18.9 Å². The number of hydrogen-bond acceptors (Lipinski definition) is 5. The minimum Gasteiger partial charge on any atom is -0.342 e. The molecule has 1 aliphatic heterocycles. The molecule has 0 saturated carbocycles. The maximum absolute atomic E-state index is 12.2. The van der Waals surface area contributed by atoms with Crippen LogP contribution in [0.2, 0.25) is 0 Å². The van der Waals surface area contributed by atoms with Gasteiger partial charge in [-0.2, -0.15) is 5.10 Å². The van der Waals surface area contributed by atoms with E-state index in [9.17, 15) is 14.9 Å². The zero-order valence-electron chi connectivity index (χ0n) is 12.4. The van der Waals surface area contributed by atoms with Gasteiger partial charge in [0.2, 0.25) is 5.91 Å². The first-order valence-corrected chi connectivity index (χ1v) is 7.00. The average Bonchev–Trinajstić information content (AvgIpc) is 2.88. The van der Waals surface area contributed by atoms with Gasteiger partial charge in [-0.05, 0) is 11.8 Å². The van der Waals surface area contributed by atoms with Crippen molar-refractivity contribution in [3.63, 3.8) is 0 Å². The second-order valence-corrected chi connectivity index (χ2v) is 6.17. The molecule has 1 unspecified atom stereocenters. The monoisotopic (exact) mass is 295 g/mol. The van der Waals surface area contributed by atoms with Gasteiger partial charge in [0.25, 0.3) is 0 Å². The second kappa shape index (κ2) is 5.80. The first kappa shape index (κ1) is 15.4. The Morgan fingerprint density at radius 1 is 1.62 bits per heavy atom. The minimum absolute atomic E-state index is 0.0353. The molecule has 1 aromatic heterocycles. The number of rotatable bonds is 4. The highest BCUT2D eigenvalue weighted by Crippen LogP contribution is 2.28. The van der Waals surface area contributed by atoms with Gasteiger partial charge in [-0.1, -0.05) is 13.8 Å². The van der Waals surface area contributed by atoms with Crippen LogP contribution >= 0.6 is 0 Å². The van der Waals surface area contributed by atoms with Crippen LogP contribution in [0.5, 0.6) is 0 Å². The third-order valence-corrected chi connectivity index (χ3v) is 4.05. The van der Waals surface area contributed by atoms with Gasteiger partial charge in [-0.15, -0.1) is 0 Å². The van der Waals surface area contributed by atoms with Crippen LogP contribution in [0.25, 0.3) is 0 Å². The lowest BCUT2D eigenvalue weighted by Crippen LogP contribution is -2.54. The van der Waals surface area contributed by atoms with Crippen LogP contribution < -0.4 is 5.73 Å². The van der Waals surface area contributed by atoms with Crippen molar-refractivity contribution in [2.75, 3.05) is 13.1 Å². The molecule has 0 spiro atoms. The number of aromatic nitrogens is 2. The molecule has 0 aromatic carbocycles. The maximum atomic E-state index is 12.2. The van der Waals surface area contributed by atoms with Crippen LogP contribution in [0, 0.1) is 15.5 Å². The lowest BCUT2D eigenvalue weighted by atomic mass is 9.79. The van der Waals surface area contributed by atoms with Gasteiger partial charge in [0, 0.05) is 32.1 Å². The number of nitro groups is 1. The van der Waals surface area contributed by atoms with Gasteiger partial charge in [-0.25, -0.2) is 0 Å². The number of nitrogens with two attached hydrogens (primary N) is 1. The molecule has 1 aromatic rings. The Balaban J connectivity index is 1.88. The van der Waals surface area contributed by atoms with Crippen molar-refractivity contribution < 1.29 is 9.72 Å². The van der Waals surface area contributed by atoms with E-state index in [1.165, 1.54) is 17.1 Å².